The number of aromatic hydroxyl groups is 1. The Balaban J connectivity index is 1.49. The molecule has 1 aliphatic rings. The minimum atomic E-state index is -0.0339. The van der Waals surface area contributed by atoms with Crippen LogP contribution in [0.1, 0.15) is 30.4 Å². The van der Waals surface area contributed by atoms with Crippen LogP contribution in [0.4, 0.5) is 0 Å². The van der Waals surface area contributed by atoms with E-state index in [1.165, 1.54) is 6.42 Å². The van der Waals surface area contributed by atoms with Gasteiger partial charge in [0.2, 0.25) is 0 Å². The third kappa shape index (κ3) is 5.78. The molecule has 1 heterocycles. The minimum Gasteiger partial charge on any atom is -0.507 e. The van der Waals surface area contributed by atoms with Gasteiger partial charge in [-0.15, -0.1) is 0 Å². The van der Waals surface area contributed by atoms with E-state index in [9.17, 15) is 9.90 Å². The van der Waals surface area contributed by atoms with Crippen molar-refractivity contribution in [2.75, 3.05) is 26.8 Å². The van der Waals surface area contributed by atoms with E-state index in [0.717, 1.165) is 42.6 Å². The molecule has 4 rings (SSSR count). The number of hydrogen-bond acceptors (Lipinski definition) is 4. The summed E-state index contributed by atoms with van der Waals surface area (Å²) in [6.45, 7) is 1.54. The summed E-state index contributed by atoms with van der Waals surface area (Å²) in [6, 6.07) is 16.3. The number of nitrogens with zero attached hydrogens (tertiary/aromatic N) is 1. The van der Waals surface area contributed by atoms with Crippen molar-refractivity contribution in [2.45, 2.75) is 25.7 Å². The molecule has 0 radical (unpaired) electrons. The molecule has 1 saturated heterocycles. The van der Waals surface area contributed by atoms with Gasteiger partial charge in [0.05, 0.1) is 7.11 Å². The number of carbonyl (C=O) groups is 1. The zero-order chi connectivity index (χ0) is 24.1. The van der Waals surface area contributed by atoms with Crippen molar-refractivity contribution < 1.29 is 19.4 Å². The summed E-state index contributed by atoms with van der Waals surface area (Å²) in [5, 5.41) is 11.3. The molecule has 0 aliphatic carbocycles. The number of halogens is 2. The molecule has 3 aromatic rings. The number of amides is 1. The standard InChI is InChI=1S/C27H27Cl2NO4/c1-33-20-7-5-6-19(14-20)22-12-18(8-9-26(22)31)13-23-24(28)15-21(16-25(23)29)34-17-27(32)30-10-3-2-4-11-30/h5-9,12,14-16,31H,2-4,10-11,13,17H2,1H3. The zero-order valence-electron chi connectivity index (χ0n) is 19.0. The lowest BCUT2D eigenvalue weighted by molar-refractivity contribution is -0.134. The molecule has 1 N–H and O–H groups in total. The molecule has 1 amide bonds. The van der Waals surface area contributed by atoms with Gasteiger partial charge in [-0.3, -0.25) is 4.79 Å². The van der Waals surface area contributed by atoms with E-state index in [4.69, 9.17) is 32.7 Å². The zero-order valence-corrected chi connectivity index (χ0v) is 20.5. The lowest BCUT2D eigenvalue weighted by Crippen LogP contribution is -2.38. The summed E-state index contributed by atoms with van der Waals surface area (Å²) in [5.41, 5.74) is 3.23. The fraction of sp³-hybridized carbons (Fsp3) is 0.296. The first-order valence-corrected chi connectivity index (χ1v) is 12.0. The molecule has 0 atom stereocenters. The first kappa shape index (κ1) is 24.2. The lowest BCUT2D eigenvalue weighted by Gasteiger charge is -2.26. The number of piperidine rings is 1. The van der Waals surface area contributed by atoms with Crippen molar-refractivity contribution >= 4 is 29.1 Å². The maximum atomic E-state index is 12.4. The number of methoxy groups -OCH3 is 1. The molecule has 1 aliphatic heterocycles. The average molecular weight is 500 g/mol. The summed E-state index contributed by atoms with van der Waals surface area (Å²) in [5.74, 6) is 1.33. The predicted molar refractivity (Wildman–Crippen MR) is 135 cm³/mol. The molecule has 0 unspecified atom stereocenters. The Morgan fingerprint density at radius 3 is 2.41 bits per heavy atom. The van der Waals surface area contributed by atoms with Crippen LogP contribution in [-0.2, 0) is 11.2 Å². The monoisotopic (exact) mass is 499 g/mol. The largest absolute Gasteiger partial charge is 0.507 e. The van der Waals surface area contributed by atoms with Gasteiger partial charge >= 0.3 is 0 Å². The van der Waals surface area contributed by atoms with Gasteiger partial charge in [-0.1, -0.05) is 41.4 Å². The fourth-order valence-electron chi connectivity index (χ4n) is 4.13. The highest BCUT2D eigenvalue weighted by Crippen LogP contribution is 2.36. The summed E-state index contributed by atoms with van der Waals surface area (Å²) >= 11 is 13.1. The van der Waals surface area contributed by atoms with Crippen molar-refractivity contribution in [3.8, 4) is 28.4 Å². The van der Waals surface area contributed by atoms with Crippen LogP contribution in [0.2, 0.25) is 10.0 Å². The van der Waals surface area contributed by atoms with E-state index in [0.29, 0.717) is 33.5 Å². The van der Waals surface area contributed by atoms with Crippen LogP contribution in [0.15, 0.2) is 54.6 Å². The van der Waals surface area contributed by atoms with Gasteiger partial charge in [-0.2, -0.15) is 0 Å². The molecule has 1 fully saturated rings. The summed E-state index contributed by atoms with van der Waals surface area (Å²) in [7, 11) is 1.61. The Hall–Kier alpha value is -2.89. The van der Waals surface area contributed by atoms with E-state index < -0.39 is 0 Å². The number of ether oxygens (including phenoxy) is 2. The second-order valence-electron chi connectivity index (χ2n) is 8.36. The van der Waals surface area contributed by atoms with Crippen molar-refractivity contribution in [3.05, 3.63) is 75.8 Å². The lowest BCUT2D eigenvalue weighted by atomic mass is 9.98. The summed E-state index contributed by atoms with van der Waals surface area (Å²) in [4.78, 5) is 14.2. The number of phenols is 1. The maximum absolute atomic E-state index is 12.4. The first-order chi connectivity index (χ1) is 16.4. The van der Waals surface area contributed by atoms with Crippen molar-refractivity contribution in [3.63, 3.8) is 0 Å². The van der Waals surface area contributed by atoms with E-state index >= 15 is 0 Å². The normalized spacial score (nSPS) is 13.6. The third-order valence-corrected chi connectivity index (χ3v) is 6.68. The molecule has 3 aromatic carbocycles. The van der Waals surface area contributed by atoms with Gasteiger partial charge in [-0.25, -0.2) is 0 Å². The van der Waals surface area contributed by atoms with Gasteiger partial charge in [0, 0.05) is 35.1 Å². The predicted octanol–water partition coefficient (Wildman–Crippen LogP) is 6.36. The number of carbonyl (C=O) groups excluding carboxylic acids is 1. The Morgan fingerprint density at radius 1 is 0.971 bits per heavy atom. The van der Waals surface area contributed by atoms with E-state index in [-0.39, 0.29) is 18.3 Å². The van der Waals surface area contributed by atoms with Crippen molar-refractivity contribution in [1.29, 1.82) is 0 Å². The smallest absolute Gasteiger partial charge is 0.260 e. The van der Waals surface area contributed by atoms with E-state index in [2.05, 4.69) is 0 Å². The first-order valence-electron chi connectivity index (χ1n) is 11.3. The van der Waals surface area contributed by atoms with Gasteiger partial charge in [-0.05, 0) is 72.4 Å². The van der Waals surface area contributed by atoms with Gasteiger partial charge in [0.1, 0.15) is 17.2 Å². The highest BCUT2D eigenvalue weighted by Gasteiger charge is 2.18. The summed E-state index contributed by atoms with van der Waals surface area (Å²) in [6.07, 6.45) is 3.71. The third-order valence-electron chi connectivity index (χ3n) is 6.01. The summed E-state index contributed by atoms with van der Waals surface area (Å²) < 4.78 is 11.0. The Morgan fingerprint density at radius 2 is 1.71 bits per heavy atom. The molecule has 34 heavy (non-hydrogen) atoms. The number of phenolic OH excluding ortho intramolecular Hbond substituents is 1. The van der Waals surface area contributed by atoms with Crippen molar-refractivity contribution in [1.82, 2.24) is 4.90 Å². The van der Waals surface area contributed by atoms with Crippen molar-refractivity contribution in [2.24, 2.45) is 0 Å². The van der Waals surface area contributed by atoms with Crippen LogP contribution in [0.3, 0.4) is 0 Å². The molecule has 0 aromatic heterocycles. The van der Waals surface area contributed by atoms with Crippen LogP contribution in [0.25, 0.3) is 11.1 Å². The number of benzene rings is 3. The Labute approximate surface area is 209 Å². The molecule has 7 heteroatoms. The SMILES string of the molecule is COc1cccc(-c2cc(Cc3c(Cl)cc(OCC(=O)N4CCCCC4)cc3Cl)ccc2O)c1. The molecule has 0 bridgehead atoms. The highest BCUT2D eigenvalue weighted by atomic mass is 35.5. The second kappa shape index (κ2) is 11.0. The quantitative estimate of drug-likeness (QED) is 0.410. The topological polar surface area (TPSA) is 59.0 Å². The number of likely N-dealkylation sites (tertiary alicyclic amines) is 1. The molecule has 0 saturated carbocycles. The van der Waals surface area contributed by atoms with E-state index in [1.807, 2.05) is 41.3 Å². The van der Waals surface area contributed by atoms with Crippen LogP contribution in [-0.4, -0.2) is 42.7 Å². The fourth-order valence-corrected chi connectivity index (χ4v) is 4.73. The van der Waals surface area contributed by atoms with Crippen LogP contribution < -0.4 is 9.47 Å². The molecule has 5 nitrogen and oxygen atoms in total. The molecule has 178 valence electrons. The second-order valence-corrected chi connectivity index (χ2v) is 9.17. The molecular weight excluding hydrogens is 473 g/mol. The number of hydrogen-bond donors (Lipinski definition) is 1. The van der Waals surface area contributed by atoms with Crippen LogP contribution in [0, 0.1) is 0 Å². The van der Waals surface area contributed by atoms with Crippen LogP contribution in [0.5, 0.6) is 17.2 Å². The van der Waals surface area contributed by atoms with Gasteiger partial charge < -0.3 is 19.5 Å². The Kier molecular flexibility index (Phi) is 7.86. The Bertz CT molecular complexity index is 1150. The maximum Gasteiger partial charge on any atom is 0.260 e. The molecular formula is C27H27Cl2NO4. The van der Waals surface area contributed by atoms with E-state index in [1.54, 1.807) is 25.3 Å². The molecule has 0 spiro atoms. The number of rotatable bonds is 7. The van der Waals surface area contributed by atoms with Gasteiger partial charge in [0.15, 0.2) is 6.61 Å². The van der Waals surface area contributed by atoms with Gasteiger partial charge in [0.25, 0.3) is 5.91 Å². The highest BCUT2D eigenvalue weighted by molar-refractivity contribution is 6.36. The average Bonchev–Trinajstić information content (AvgIpc) is 2.86. The minimum absolute atomic E-state index is 0.0230. The van der Waals surface area contributed by atoms with Crippen LogP contribution >= 0.6 is 23.2 Å².